The molecule has 0 aliphatic carbocycles. The lowest BCUT2D eigenvalue weighted by Gasteiger charge is -2.09. The number of nitrogens with one attached hydrogen (secondary N) is 2. The summed E-state index contributed by atoms with van der Waals surface area (Å²) >= 11 is 5.96. The lowest BCUT2D eigenvalue weighted by atomic mass is 10.2. The second-order valence-corrected chi connectivity index (χ2v) is 7.34. The number of hydrogen-bond acceptors (Lipinski definition) is 7. The molecule has 134 valence electrons. The Bertz CT molecular complexity index is 1040. The first-order chi connectivity index (χ1) is 12.3. The number of sulfonamides is 1. The Morgan fingerprint density at radius 3 is 2.12 bits per heavy atom. The van der Waals surface area contributed by atoms with E-state index in [2.05, 4.69) is 25.6 Å². The Kier molecular flexibility index (Phi) is 5.03. The molecule has 0 atom stereocenters. The van der Waals surface area contributed by atoms with Crippen LogP contribution >= 0.6 is 11.6 Å². The van der Waals surface area contributed by atoms with Gasteiger partial charge in [-0.1, -0.05) is 12.1 Å². The molecule has 0 fully saturated rings. The number of aromatic nitrogens is 3. The SMILES string of the molecule is Cc1cccc(Nc2nc(Cl)nc(Nc3ccc(S(N)(=O)=O)cc3)n2)c1. The fourth-order valence-corrected chi connectivity index (χ4v) is 2.85. The van der Waals surface area contributed by atoms with E-state index in [9.17, 15) is 8.42 Å². The number of benzene rings is 2. The molecule has 4 N–H and O–H groups in total. The van der Waals surface area contributed by atoms with E-state index in [4.69, 9.17) is 16.7 Å². The molecule has 2 aromatic carbocycles. The summed E-state index contributed by atoms with van der Waals surface area (Å²) in [6, 6.07) is 13.6. The van der Waals surface area contributed by atoms with Crippen LogP contribution in [0.25, 0.3) is 0 Å². The molecule has 3 rings (SSSR count). The predicted molar refractivity (Wildman–Crippen MR) is 100 cm³/mol. The number of primary sulfonamides is 1. The highest BCUT2D eigenvalue weighted by Gasteiger charge is 2.09. The van der Waals surface area contributed by atoms with E-state index in [1.807, 2.05) is 31.2 Å². The van der Waals surface area contributed by atoms with Gasteiger partial charge < -0.3 is 10.6 Å². The molecule has 0 unspecified atom stereocenters. The summed E-state index contributed by atoms with van der Waals surface area (Å²) in [4.78, 5) is 12.3. The maximum Gasteiger partial charge on any atom is 0.238 e. The molecule has 1 heterocycles. The first-order valence-electron chi connectivity index (χ1n) is 7.45. The van der Waals surface area contributed by atoms with Crippen LogP contribution in [-0.4, -0.2) is 23.4 Å². The Morgan fingerprint density at radius 1 is 0.923 bits per heavy atom. The van der Waals surface area contributed by atoms with Gasteiger partial charge >= 0.3 is 0 Å². The van der Waals surface area contributed by atoms with E-state index in [1.54, 1.807) is 12.1 Å². The highest BCUT2D eigenvalue weighted by molar-refractivity contribution is 7.89. The van der Waals surface area contributed by atoms with Crippen molar-refractivity contribution in [3.63, 3.8) is 0 Å². The number of halogens is 1. The monoisotopic (exact) mass is 390 g/mol. The van der Waals surface area contributed by atoms with Crippen molar-refractivity contribution in [1.29, 1.82) is 0 Å². The third-order valence-corrected chi connectivity index (χ3v) is 4.42. The molecule has 0 saturated heterocycles. The minimum absolute atomic E-state index is 0.0125. The van der Waals surface area contributed by atoms with Crippen LogP contribution in [0.4, 0.5) is 23.3 Å². The van der Waals surface area contributed by atoms with Crippen LogP contribution in [0.1, 0.15) is 5.56 Å². The summed E-state index contributed by atoms with van der Waals surface area (Å²) in [6.45, 7) is 1.98. The van der Waals surface area contributed by atoms with Gasteiger partial charge in [-0.15, -0.1) is 0 Å². The molecule has 1 aromatic heterocycles. The molecular weight excluding hydrogens is 376 g/mol. The van der Waals surface area contributed by atoms with Crippen LogP contribution in [-0.2, 0) is 10.0 Å². The number of aryl methyl sites for hydroxylation is 1. The van der Waals surface area contributed by atoms with Crippen LogP contribution < -0.4 is 15.8 Å². The smallest absolute Gasteiger partial charge is 0.238 e. The van der Waals surface area contributed by atoms with Crippen LogP contribution in [0.15, 0.2) is 53.4 Å². The molecule has 8 nitrogen and oxygen atoms in total. The van der Waals surface area contributed by atoms with E-state index in [0.29, 0.717) is 5.69 Å². The summed E-state index contributed by atoms with van der Waals surface area (Å²) in [5.74, 6) is 0.489. The number of nitrogens with zero attached hydrogens (tertiary/aromatic N) is 3. The second-order valence-electron chi connectivity index (χ2n) is 5.44. The zero-order valence-electron chi connectivity index (χ0n) is 13.6. The zero-order chi connectivity index (χ0) is 18.7. The van der Waals surface area contributed by atoms with Gasteiger partial charge in [0.2, 0.25) is 27.2 Å². The van der Waals surface area contributed by atoms with Gasteiger partial charge in [-0.05, 0) is 60.5 Å². The van der Waals surface area contributed by atoms with Crippen molar-refractivity contribution < 1.29 is 8.42 Å². The van der Waals surface area contributed by atoms with Gasteiger partial charge in [0.15, 0.2) is 0 Å². The van der Waals surface area contributed by atoms with Crippen molar-refractivity contribution >= 4 is 44.9 Å². The van der Waals surface area contributed by atoms with Gasteiger partial charge in [-0.2, -0.15) is 15.0 Å². The van der Waals surface area contributed by atoms with Gasteiger partial charge in [0.25, 0.3) is 0 Å². The summed E-state index contributed by atoms with van der Waals surface area (Å²) in [7, 11) is -3.74. The predicted octanol–water partition coefficient (Wildman–Crippen LogP) is 2.97. The van der Waals surface area contributed by atoms with Crippen molar-refractivity contribution in [3.8, 4) is 0 Å². The molecule has 0 saturated carbocycles. The van der Waals surface area contributed by atoms with E-state index >= 15 is 0 Å². The fraction of sp³-hybridized carbons (Fsp3) is 0.0625. The summed E-state index contributed by atoms with van der Waals surface area (Å²) < 4.78 is 22.6. The molecule has 0 aliphatic rings. The third kappa shape index (κ3) is 4.66. The zero-order valence-corrected chi connectivity index (χ0v) is 15.2. The Hall–Kier alpha value is -2.75. The standard InChI is InChI=1S/C16H15ClN6O2S/c1-10-3-2-4-12(9-10)20-16-22-14(17)21-15(23-16)19-11-5-7-13(8-6-11)26(18,24)25/h2-9H,1H3,(H2,18,24,25)(H2,19,20,21,22,23). The minimum Gasteiger partial charge on any atom is -0.324 e. The number of anilines is 4. The average molecular weight is 391 g/mol. The topological polar surface area (TPSA) is 123 Å². The lowest BCUT2D eigenvalue weighted by Crippen LogP contribution is -2.11. The van der Waals surface area contributed by atoms with Crippen LogP contribution in [0.3, 0.4) is 0 Å². The summed E-state index contributed by atoms with van der Waals surface area (Å²) in [5, 5.41) is 11.1. The van der Waals surface area contributed by atoms with Crippen molar-refractivity contribution in [2.45, 2.75) is 11.8 Å². The summed E-state index contributed by atoms with van der Waals surface area (Å²) in [5.41, 5.74) is 2.47. The van der Waals surface area contributed by atoms with Gasteiger partial charge in [0.1, 0.15) is 0 Å². The van der Waals surface area contributed by atoms with Gasteiger partial charge in [-0.25, -0.2) is 13.6 Å². The van der Waals surface area contributed by atoms with Gasteiger partial charge in [0, 0.05) is 11.4 Å². The molecule has 0 bridgehead atoms. The largest absolute Gasteiger partial charge is 0.324 e. The first-order valence-corrected chi connectivity index (χ1v) is 9.37. The highest BCUT2D eigenvalue weighted by atomic mass is 35.5. The number of rotatable bonds is 5. The van der Waals surface area contributed by atoms with E-state index < -0.39 is 10.0 Å². The van der Waals surface area contributed by atoms with Crippen molar-refractivity contribution in [1.82, 2.24) is 15.0 Å². The van der Waals surface area contributed by atoms with E-state index in [0.717, 1.165) is 11.3 Å². The second kappa shape index (κ2) is 7.24. The first kappa shape index (κ1) is 18.1. The Labute approximate surface area is 155 Å². The maximum absolute atomic E-state index is 11.3. The third-order valence-electron chi connectivity index (χ3n) is 3.32. The van der Waals surface area contributed by atoms with Gasteiger partial charge in [-0.3, -0.25) is 0 Å². The van der Waals surface area contributed by atoms with Crippen molar-refractivity contribution in [2.24, 2.45) is 5.14 Å². The highest BCUT2D eigenvalue weighted by Crippen LogP contribution is 2.20. The van der Waals surface area contributed by atoms with E-state index in [-0.39, 0.29) is 22.1 Å². The minimum atomic E-state index is -3.74. The Morgan fingerprint density at radius 2 is 1.54 bits per heavy atom. The number of hydrogen-bond donors (Lipinski definition) is 3. The van der Waals surface area contributed by atoms with E-state index in [1.165, 1.54) is 12.1 Å². The van der Waals surface area contributed by atoms with Crippen molar-refractivity contribution in [2.75, 3.05) is 10.6 Å². The number of nitrogens with two attached hydrogens (primary N) is 1. The molecule has 0 aliphatic heterocycles. The average Bonchev–Trinajstić information content (AvgIpc) is 2.54. The molecule has 26 heavy (non-hydrogen) atoms. The lowest BCUT2D eigenvalue weighted by molar-refractivity contribution is 0.598. The molecule has 3 aromatic rings. The maximum atomic E-state index is 11.3. The fourth-order valence-electron chi connectivity index (χ4n) is 2.17. The quantitative estimate of drug-likeness (QED) is 0.611. The van der Waals surface area contributed by atoms with Crippen LogP contribution in [0.2, 0.25) is 5.28 Å². The molecule has 0 spiro atoms. The van der Waals surface area contributed by atoms with Crippen LogP contribution in [0.5, 0.6) is 0 Å². The Balaban J connectivity index is 1.81. The normalized spacial score (nSPS) is 11.2. The van der Waals surface area contributed by atoms with Crippen LogP contribution in [0, 0.1) is 6.92 Å². The molecule has 0 amide bonds. The molecular formula is C16H15ClN6O2S. The van der Waals surface area contributed by atoms with Gasteiger partial charge in [0.05, 0.1) is 4.90 Å². The summed E-state index contributed by atoms with van der Waals surface area (Å²) in [6.07, 6.45) is 0. The molecule has 0 radical (unpaired) electrons. The molecule has 10 heteroatoms. The van der Waals surface area contributed by atoms with Crippen molar-refractivity contribution in [3.05, 3.63) is 59.4 Å².